The van der Waals surface area contributed by atoms with E-state index >= 15 is 0 Å². The maximum absolute atomic E-state index is 10.5. The van der Waals surface area contributed by atoms with Crippen molar-refractivity contribution in [1.82, 2.24) is 0 Å². The van der Waals surface area contributed by atoms with Gasteiger partial charge in [-0.05, 0) is 35.9 Å². The van der Waals surface area contributed by atoms with Crippen LogP contribution in [-0.4, -0.2) is 24.4 Å². The van der Waals surface area contributed by atoms with E-state index in [9.17, 15) is 5.11 Å². The Morgan fingerprint density at radius 2 is 1.56 bits per heavy atom. The molecule has 0 unspecified atom stereocenters. The summed E-state index contributed by atoms with van der Waals surface area (Å²) in [6.07, 6.45) is -0.680. The fraction of sp³-hybridized carbons (Fsp3) is 0.182. The molecule has 3 nitrogen and oxygen atoms in total. The molecule has 0 heterocycles. The fourth-order valence-corrected chi connectivity index (χ4v) is 3.25. The van der Waals surface area contributed by atoms with Crippen LogP contribution in [0.3, 0.4) is 0 Å². The molecule has 0 bridgehead atoms. The van der Waals surface area contributed by atoms with Crippen LogP contribution in [-0.2, 0) is 6.54 Å². The predicted octanol–water partition coefficient (Wildman–Crippen LogP) is 5.44. The van der Waals surface area contributed by atoms with Gasteiger partial charge < -0.3 is 14.7 Å². The molecule has 0 aliphatic heterocycles. The van der Waals surface area contributed by atoms with E-state index in [2.05, 4.69) is 17.0 Å². The standard InChI is InChI=1S/C22H21Cl2NO2/c23-18-11-12-22(21(24)13-18)27-16-20(26)15-25(19-9-5-2-6-10-19)14-17-7-3-1-4-8-17/h1-13,20,26H,14-16H2/t20-/m0/s1. The van der Waals surface area contributed by atoms with Crippen LogP contribution in [0, 0.1) is 0 Å². The summed E-state index contributed by atoms with van der Waals surface area (Å²) in [6.45, 7) is 1.27. The summed E-state index contributed by atoms with van der Waals surface area (Å²) in [5, 5.41) is 11.5. The van der Waals surface area contributed by atoms with Crippen molar-refractivity contribution in [2.24, 2.45) is 0 Å². The number of hydrogen-bond acceptors (Lipinski definition) is 3. The first-order chi connectivity index (χ1) is 13.1. The normalized spacial score (nSPS) is 11.8. The molecule has 0 saturated heterocycles. The number of para-hydroxylation sites is 1. The van der Waals surface area contributed by atoms with Gasteiger partial charge in [0.2, 0.25) is 0 Å². The van der Waals surface area contributed by atoms with Crippen LogP contribution in [0.25, 0.3) is 0 Å². The summed E-state index contributed by atoms with van der Waals surface area (Å²) in [6, 6.07) is 25.2. The molecule has 0 aliphatic carbocycles. The van der Waals surface area contributed by atoms with Crippen molar-refractivity contribution in [1.29, 1.82) is 0 Å². The van der Waals surface area contributed by atoms with Gasteiger partial charge in [-0.1, -0.05) is 71.7 Å². The van der Waals surface area contributed by atoms with Crippen LogP contribution in [0.15, 0.2) is 78.9 Å². The van der Waals surface area contributed by atoms with Crippen LogP contribution in [0.4, 0.5) is 5.69 Å². The third-order valence-corrected chi connectivity index (χ3v) is 4.62. The highest BCUT2D eigenvalue weighted by Crippen LogP contribution is 2.27. The molecule has 0 fully saturated rings. The highest BCUT2D eigenvalue weighted by Gasteiger charge is 2.14. The Morgan fingerprint density at radius 3 is 2.22 bits per heavy atom. The summed E-state index contributed by atoms with van der Waals surface area (Å²) in [4.78, 5) is 2.13. The third kappa shape index (κ3) is 5.90. The smallest absolute Gasteiger partial charge is 0.138 e. The van der Waals surface area contributed by atoms with E-state index in [1.54, 1.807) is 18.2 Å². The number of anilines is 1. The van der Waals surface area contributed by atoms with Crippen molar-refractivity contribution in [2.75, 3.05) is 18.1 Å². The Hall–Kier alpha value is -2.20. The zero-order valence-corrected chi connectivity index (χ0v) is 16.3. The maximum atomic E-state index is 10.5. The molecule has 0 amide bonds. The number of benzene rings is 3. The zero-order chi connectivity index (χ0) is 19.1. The maximum Gasteiger partial charge on any atom is 0.138 e. The quantitative estimate of drug-likeness (QED) is 0.545. The highest BCUT2D eigenvalue weighted by atomic mass is 35.5. The SMILES string of the molecule is O[C@H](COc1ccc(Cl)cc1Cl)CN(Cc1ccccc1)c1ccccc1. The average molecular weight is 402 g/mol. The molecule has 0 spiro atoms. The molecule has 1 atom stereocenters. The molecule has 0 aromatic heterocycles. The molecule has 3 aromatic carbocycles. The first-order valence-corrected chi connectivity index (χ1v) is 9.47. The lowest BCUT2D eigenvalue weighted by atomic mass is 10.2. The molecule has 5 heteroatoms. The number of hydrogen-bond donors (Lipinski definition) is 1. The number of nitrogens with zero attached hydrogens (tertiary/aromatic N) is 1. The largest absolute Gasteiger partial charge is 0.489 e. The lowest BCUT2D eigenvalue weighted by Gasteiger charge is -2.27. The van der Waals surface area contributed by atoms with Gasteiger partial charge in [-0.15, -0.1) is 0 Å². The molecule has 3 aromatic rings. The van der Waals surface area contributed by atoms with E-state index in [0.717, 1.165) is 5.69 Å². The van der Waals surface area contributed by atoms with E-state index in [-0.39, 0.29) is 6.61 Å². The summed E-state index contributed by atoms with van der Waals surface area (Å²) in [7, 11) is 0. The van der Waals surface area contributed by atoms with Crippen LogP contribution in [0.1, 0.15) is 5.56 Å². The third-order valence-electron chi connectivity index (χ3n) is 4.09. The Balaban J connectivity index is 1.65. The van der Waals surface area contributed by atoms with E-state index in [1.807, 2.05) is 48.5 Å². The molecule has 0 radical (unpaired) electrons. The van der Waals surface area contributed by atoms with Gasteiger partial charge in [-0.25, -0.2) is 0 Å². The van der Waals surface area contributed by atoms with E-state index in [1.165, 1.54) is 5.56 Å². The number of ether oxygens (including phenoxy) is 1. The first kappa shape index (κ1) is 19.6. The van der Waals surface area contributed by atoms with Gasteiger partial charge >= 0.3 is 0 Å². The topological polar surface area (TPSA) is 32.7 Å². The number of aliphatic hydroxyl groups is 1. The average Bonchev–Trinajstić information content (AvgIpc) is 2.68. The van der Waals surface area contributed by atoms with Crippen molar-refractivity contribution in [3.63, 3.8) is 0 Å². The van der Waals surface area contributed by atoms with Crippen LogP contribution < -0.4 is 9.64 Å². The Bertz CT molecular complexity index is 843. The zero-order valence-electron chi connectivity index (χ0n) is 14.8. The summed E-state index contributed by atoms with van der Waals surface area (Å²) >= 11 is 12.0. The number of aliphatic hydroxyl groups excluding tert-OH is 1. The second-order valence-electron chi connectivity index (χ2n) is 6.24. The van der Waals surface area contributed by atoms with Crippen molar-refractivity contribution in [3.05, 3.63) is 94.5 Å². The lowest BCUT2D eigenvalue weighted by Crippen LogP contribution is -2.35. The molecule has 1 N–H and O–H groups in total. The van der Waals surface area contributed by atoms with Crippen molar-refractivity contribution < 1.29 is 9.84 Å². The summed E-state index contributed by atoms with van der Waals surface area (Å²) in [5.41, 5.74) is 2.22. The Morgan fingerprint density at radius 1 is 0.889 bits per heavy atom. The summed E-state index contributed by atoms with van der Waals surface area (Å²) in [5.74, 6) is 0.509. The molecule has 0 aliphatic rings. The van der Waals surface area contributed by atoms with Gasteiger partial charge in [0.05, 0.1) is 5.02 Å². The fourth-order valence-electron chi connectivity index (χ4n) is 2.79. The van der Waals surface area contributed by atoms with E-state index < -0.39 is 6.10 Å². The molecular formula is C22H21Cl2NO2. The lowest BCUT2D eigenvalue weighted by molar-refractivity contribution is 0.112. The Labute approximate surface area is 169 Å². The van der Waals surface area contributed by atoms with Crippen LogP contribution >= 0.6 is 23.2 Å². The molecule has 0 saturated carbocycles. The van der Waals surface area contributed by atoms with Crippen molar-refractivity contribution in [2.45, 2.75) is 12.6 Å². The predicted molar refractivity (Wildman–Crippen MR) is 112 cm³/mol. The Kier molecular flexibility index (Phi) is 6.99. The minimum atomic E-state index is -0.680. The number of halogens is 2. The molecular weight excluding hydrogens is 381 g/mol. The van der Waals surface area contributed by atoms with Crippen molar-refractivity contribution in [3.8, 4) is 5.75 Å². The summed E-state index contributed by atoms with van der Waals surface area (Å²) < 4.78 is 5.67. The van der Waals surface area contributed by atoms with Gasteiger partial charge in [-0.2, -0.15) is 0 Å². The van der Waals surface area contributed by atoms with Gasteiger partial charge in [0.25, 0.3) is 0 Å². The van der Waals surface area contributed by atoms with Gasteiger partial charge in [0.1, 0.15) is 18.5 Å². The van der Waals surface area contributed by atoms with E-state index in [4.69, 9.17) is 27.9 Å². The van der Waals surface area contributed by atoms with Gasteiger partial charge in [0, 0.05) is 23.8 Å². The molecule has 27 heavy (non-hydrogen) atoms. The molecule has 3 rings (SSSR count). The second kappa shape index (κ2) is 9.65. The monoisotopic (exact) mass is 401 g/mol. The minimum Gasteiger partial charge on any atom is -0.489 e. The van der Waals surface area contributed by atoms with Crippen LogP contribution in [0.2, 0.25) is 10.0 Å². The van der Waals surface area contributed by atoms with E-state index in [0.29, 0.717) is 28.9 Å². The first-order valence-electron chi connectivity index (χ1n) is 8.71. The van der Waals surface area contributed by atoms with Crippen LogP contribution in [0.5, 0.6) is 5.75 Å². The van der Waals surface area contributed by atoms with Gasteiger partial charge in [-0.3, -0.25) is 0 Å². The number of rotatable bonds is 8. The van der Waals surface area contributed by atoms with Gasteiger partial charge in [0.15, 0.2) is 0 Å². The second-order valence-corrected chi connectivity index (χ2v) is 7.08. The molecule has 140 valence electrons. The minimum absolute atomic E-state index is 0.138. The highest BCUT2D eigenvalue weighted by molar-refractivity contribution is 6.35. The van der Waals surface area contributed by atoms with Crippen molar-refractivity contribution >= 4 is 28.9 Å².